The molecule has 0 aliphatic rings. The van der Waals surface area contributed by atoms with Gasteiger partial charge in [-0.1, -0.05) is 35.8 Å². The van der Waals surface area contributed by atoms with Crippen molar-refractivity contribution in [2.45, 2.75) is 38.9 Å². The standard InChI is InChI=1S/C24H22BO4/c1-23(2,26)24(3,4)29-25-14-9-12-20-18(13-14)17-11-10-16-15-7-5-6-8-19(15)27-21(16)22(17)28-20/h5-13,26H,1-4H3. The first-order valence-corrected chi connectivity index (χ1v) is 9.74. The topological polar surface area (TPSA) is 55.7 Å². The summed E-state index contributed by atoms with van der Waals surface area (Å²) in [5.74, 6) is 0. The van der Waals surface area contributed by atoms with Crippen molar-refractivity contribution in [2.24, 2.45) is 0 Å². The number of para-hydroxylation sites is 1. The van der Waals surface area contributed by atoms with E-state index in [1.807, 2.05) is 50.2 Å². The summed E-state index contributed by atoms with van der Waals surface area (Å²) in [5, 5.41) is 14.4. The molecule has 0 aliphatic carbocycles. The summed E-state index contributed by atoms with van der Waals surface area (Å²) in [4.78, 5) is 0. The Balaban J connectivity index is 1.60. The zero-order valence-electron chi connectivity index (χ0n) is 16.9. The molecule has 0 spiro atoms. The van der Waals surface area contributed by atoms with Gasteiger partial charge < -0.3 is 18.6 Å². The van der Waals surface area contributed by atoms with Crippen LogP contribution in [-0.2, 0) is 4.65 Å². The molecule has 145 valence electrons. The quantitative estimate of drug-likeness (QED) is 0.427. The van der Waals surface area contributed by atoms with Gasteiger partial charge in [0, 0.05) is 21.5 Å². The van der Waals surface area contributed by atoms with E-state index in [0.29, 0.717) is 0 Å². The largest absolute Gasteiger partial charge is 0.452 e. The highest BCUT2D eigenvalue weighted by molar-refractivity contribution is 6.47. The van der Waals surface area contributed by atoms with Crippen LogP contribution in [0.2, 0.25) is 0 Å². The molecule has 4 nitrogen and oxygen atoms in total. The van der Waals surface area contributed by atoms with E-state index in [9.17, 15) is 5.11 Å². The fraction of sp³-hybridized carbons (Fsp3) is 0.250. The van der Waals surface area contributed by atoms with Crippen LogP contribution in [0.25, 0.3) is 43.9 Å². The van der Waals surface area contributed by atoms with Crippen LogP contribution in [-0.4, -0.2) is 23.8 Å². The lowest BCUT2D eigenvalue weighted by Crippen LogP contribution is -2.49. The minimum Gasteiger partial charge on any atom is -0.452 e. The number of benzene rings is 3. The summed E-state index contributed by atoms with van der Waals surface area (Å²) in [5.41, 5.74) is 2.39. The van der Waals surface area contributed by atoms with E-state index in [2.05, 4.69) is 18.2 Å². The van der Waals surface area contributed by atoms with Crippen LogP contribution in [0.1, 0.15) is 27.7 Å². The van der Waals surface area contributed by atoms with Gasteiger partial charge in [0.2, 0.25) is 0 Å². The molecule has 0 atom stereocenters. The monoisotopic (exact) mass is 385 g/mol. The molecule has 1 radical (unpaired) electrons. The zero-order valence-corrected chi connectivity index (χ0v) is 16.9. The summed E-state index contributed by atoms with van der Waals surface area (Å²) >= 11 is 0. The molecule has 0 amide bonds. The van der Waals surface area contributed by atoms with Gasteiger partial charge in [-0.05, 0) is 52.0 Å². The molecule has 2 aromatic heterocycles. The summed E-state index contributed by atoms with van der Waals surface area (Å²) in [6.07, 6.45) is 0. The number of aliphatic hydroxyl groups is 1. The molecule has 0 aliphatic heterocycles. The maximum Gasteiger partial charge on any atom is 0.330 e. The maximum atomic E-state index is 10.3. The lowest BCUT2D eigenvalue weighted by molar-refractivity contribution is -0.0893. The van der Waals surface area contributed by atoms with E-state index >= 15 is 0 Å². The molecule has 3 aromatic carbocycles. The van der Waals surface area contributed by atoms with Crippen LogP contribution in [0.3, 0.4) is 0 Å². The van der Waals surface area contributed by atoms with E-state index in [1.54, 1.807) is 21.3 Å². The van der Waals surface area contributed by atoms with Gasteiger partial charge in [0.15, 0.2) is 11.2 Å². The fourth-order valence-corrected chi connectivity index (χ4v) is 3.47. The molecule has 0 saturated carbocycles. The number of hydrogen-bond acceptors (Lipinski definition) is 4. The van der Waals surface area contributed by atoms with Gasteiger partial charge in [0.1, 0.15) is 11.2 Å². The van der Waals surface area contributed by atoms with E-state index in [4.69, 9.17) is 13.5 Å². The Morgan fingerprint density at radius 3 is 2.07 bits per heavy atom. The molecule has 5 heteroatoms. The summed E-state index contributed by atoms with van der Waals surface area (Å²) in [7, 11) is 1.69. The second-order valence-electron chi connectivity index (χ2n) is 8.58. The molecule has 5 rings (SSSR count). The van der Waals surface area contributed by atoms with Crippen molar-refractivity contribution in [3.63, 3.8) is 0 Å². The summed E-state index contributed by atoms with van der Waals surface area (Å²) in [6.45, 7) is 7.22. The van der Waals surface area contributed by atoms with Crippen molar-refractivity contribution in [1.29, 1.82) is 0 Å². The Kier molecular flexibility index (Phi) is 3.86. The molecule has 1 N–H and O–H groups in total. The first-order chi connectivity index (χ1) is 13.7. The van der Waals surface area contributed by atoms with Gasteiger partial charge >= 0.3 is 7.48 Å². The molecule has 29 heavy (non-hydrogen) atoms. The van der Waals surface area contributed by atoms with E-state index in [-0.39, 0.29) is 0 Å². The van der Waals surface area contributed by atoms with Gasteiger partial charge in [-0.2, -0.15) is 0 Å². The molecule has 5 aromatic rings. The normalized spacial score (nSPS) is 13.1. The molecule has 0 fully saturated rings. The third-order valence-electron chi connectivity index (χ3n) is 5.97. The van der Waals surface area contributed by atoms with E-state index in [0.717, 1.165) is 49.3 Å². The van der Waals surface area contributed by atoms with Crippen molar-refractivity contribution in [2.75, 3.05) is 0 Å². The third kappa shape index (κ3) is 2.84. The number of fused-ring (bicyclic) bond motifs is 7. The predicted molar refractivity (Wildman–Crippen MR) is 118 cm³/mol. The first kappa shape index (κ1) is 18.3. The van der Waals surface area contributed by atoms with E-state index in [1.165, 1.54) is 0 Å². The van der Waals surface area contributed by atoms with Crippen LogP contribution in [0, 0.1) is 0 Å². The molecule has 2 heterocycles. The van der Waals surface area contributed by atoms with Crippen LogP contribution < -0.4 is 5.46 Å². The maximum absolute atomic E-state index is 10.3. The number of rotatable bonds is 4. The van der Waals surface area contributed by atoms with Crippen molar-refractivity contribution in [1.82, 2.24) is 0 Å². The van der Waals surface area contributed by atoms with Gasteiger partial charge in [0.05, 0.1) is 11.2 Å². The SMILES string of the molecule is CC(C)(O)C(C)(C)O[B]c1ccc2oc3c(ccc4c5ccccc5oc43)c2c1. The zero-order chi connectivity index (χ0) is 20.4. The van der Waals surface area contributed by atoms with Crippen LogP contribution in [0.15, 0.2) is 63.4 Å². The van der Waals surface area contributed by atoms with Crippen molar-refractivity contribution >= 4 is 56.8 Å². The average molecular weight is 385 g/mol. The smallest absolute Gasteiger partial charge is 0.330 e. The molecule has 0 bridgehead atoms. The Morgan fingerprint density at radius 2 is 1.38 bits per heavy atom. The van der Waals surface area contributed by atoms with Gasteiger partial charge in [-0.15, -0.1) is 0 Å². The lowest BCUT2D eigenvalue weighted by atomic mass is 9.82. The number of furan rings is 2. The van der Waals surface area contributed by atoms with Crippen molar-refractivity contribution in [3.8, 4) is 0 Å². The second kappa shape index (κ2) is 6.12. The van der Waals surface area contributed by atoms with Crippen LogP contribution in [0.5, 0.6) is 0 Å². The Hall–Kier alpha value is -2.76. The highest BCUT2D eigenvalue weighted by atomic mass is 16.5. The minimum atomic E-state index is -0.969. The van der Waals surface area contributed by atoms with Gasteiger partial charge in [-0.3, -0.25) is 0 Å². The molecule has 0 unspecified atom stereocenters. The molecular weight excluding hydrogens is 363 g/mol. The third-order valence-corrected chi connectivity index (χ3v) is 5.97. The average Bonchev–Trinajstić information content (AvgIpc) is 3.23. The fourth-order valence-electron chi connectivity index (χ4n) is 3.47. The van der Waals surface area contributed by atoms with Gasteiger partial charge in [-0.25, -0.2) is 0 Å². The summed E-state index contributed by atoms with van der Waals surface area (Å²) in [6, 6.07) is 18.1. The first-order valence-electron chi connectivity index (χ1n) is 9.74. The van der Waals surface area contributed by atoms with Crippen molar-refractivity contribution in [3.05, 3.63) is 54.6 Å². The Labute approximate surface area is 169 Å². The highest BCUT2D eigenvalue weighted by Crippen LogP contribution is 2.38. The van der Waals surface area contributed by atoms with Crippen LogP contribution in [0.4, 0.5) is 0 Å². The Morgan fingerprint density at radius 1 is 0.759 bits per heavy atom. The second-order valence-corrected chi connectivity index (χ2v) is 8.58. The Bertz CT molecular complexity index is 1370. The van der Waals surface area contributed by atoms with Gasteiger partial charge in [0.25, 0.3) is 0 Å². The number of hydrogen-bond donors (Lipinski definition) is 1. The lowest BCUT2D eigenvalue weighted by Gasteiger charge is -2.37. The minimum absolute atomic E-state index is 0.721. The molecular formula is C24H22BO4. The molecule has 0 saturated heterocycles. The van der Waals surface area contributed by atoms with Crippen molar-refractivity contribution < 1.29 is 18.6 Å². The summed E-state index contributed by atoms with van der Waals surface area (Å²) < 4.78 is 18.2. The predicted octanol–water partition coefficient (Wildman–Crippen LogP) is 5.30. The highest BCUT2D eigenvalue weighted by Gasteiger charge is 2.35. The van der Waals surface area contributed by atoms with Crippen LogP contribution >= 0.6 is 0 Å². The van der Waals surface area contributed by atoms with E-state index < -0.39 is 11.2 Å².